The van der Waals surface area contributed by atoms with Gasteiger partial charge in [-0.05, 0) is 31.4 Å². The van der Waals surface area contributed by atoms with Gasteiger partial charge in [-0.1, -0.05) is 13.8 Å². The first kappa shape index (κ1) is 15.0. The van der Waals surface area contributed by atoms with Crippen LogP contribution in [0.1, 0.15) is 48.8 Å². The Morgan fingerprint density at radius 1 is 1.61 bits per heavy atom. The van der Waals surface area contributed by atoms with Gasteiger partial charge in [0.1, 0.15) is 5.69 Å². The highest BCUT2D eigenvalue weighted by Gasteiger charge is 2.16. The van der Waals surface area contributed by atoms with Crippen LogP contribution < -0.4 is 10.6 Å². The monoisotopic (exact) mass is 272 g/mol. The van der Waals surface area contributed by atoms with Crippen LogP contribution in [0.5, 0.6) is 0 Å². The standard InChI is InChI=1S/C12H20N4O.ClH/c1-8(2)10-6-11(16-15-10)12(17)14-7-9-4-3-5-13-9;/h6,8-9,13H,3-5,7H2,1-2H3,(H,14,17)(H,15,16);1H. The van der Waals surface area contributed by atoms with Crippen molar-refractivity contribution in [3.05, 3.63) is 17.5 Å². The summed E-state index contributed by atoms with van der Waals surface area (Å²) in [5.41, 5.74) is 1.47. The summed E-state index contributed by atoms with van der Waals surface area (Å²) in [7, 11) is 0. The van der Waals surface area contributed by atoms with Gasteiger partial charge in [-0.3, -0.25) is 9.89 Å². The van der Waals surface area contributed by atoms with Crippen LogP contribution in [-0.2, 0) is 0 Å². The Morgan fingerprint density at radius 2 is 2.39 bits per heavy atom. The lowest BCUT2D eigenvalue weighted by molar-refractivity contribution is 0.0945. The highest BCUT2D eigenvalue weighted by molar-refractivity contribution is 5.92. The molecule has 0 spiro atoms. The number of amides is 1. The van der Waals surface area contributed by atoms with Gasteiger partial charge in [0.05, 0.1) is 0 Å². The Kier molecular flexibility index (Phi) is 5.62. The van der Waals surface area contributed by atoms with E-state index in [0.717, 1.165) is 18.7 Å². The van der Waals surface area contributed by atoms with Gasteiger partial charge in [0.15, 0.2) is 0 Å². The van der Waals surface area contributed by atoms with E-state index in [4.69, 9.17) is 0 Å². The van der Waals surface area contributed by atoms with Crippen LogP contribution in [0, 0.1) is 0 Å². The summed E-state index contributed by atoms with van der Waals surface area (Å²) in [6, 6.07) is 2.24. The predicted octanol–water partition coefficient (Wildman–Crippen LogP) is 1.44. The van der Waals surface area contributed by atoms with Crippen LogP contribution in [0.3, 0.4) is 0 Å². The number of rotatable bonds is 4. The molecule has 1 aromatic rings. The quantitative estimate of drug-likeness (QED) is 0.777. The first-order valence-electron chi connectivity index (χ1n) is 6.23. The summed E-state index contributed by atoms with van der Waals surface area (Å²) < 4.78 is 0. The molecule has 102 valence electrons. The maximum absolute atomic E-state index is 11.8. The number of H-pyrrole nitrogens is 1. The molecule has 2 rings (SSSR count). The molecule has 2 heterocycles. The Balaban J connectivity index is 0.00000162. The highest BCUT2D eigenvalue weighted by atomic mass is 35.5. The molecule has 1 saturated heterocycles. The lowest BCUT2D eigenvalue weighted by Gasteiger charge is -2.10. The van der Waals surface area contributed by atoms with E-state index in [1.165, 1.54) is 6.42 Å². The number of halogens is 1. The molecule has 1 atom stereocenters. The lowest BCUT2D eigenvalue weighted by atomic mass is 10.1. The van der Waals surface area contributed by atoms with Crippen LogP contribution in [0.4, 0.5) is 0 Å². The second-order valence-corrected chi connectivity index (χ2v) is 4.87. The van der Waals surface area contributed by atoms with Crippen LogP contribution in [0.15, 0.2) is 6.07 Å². The van der Waals surface area contributed by atoms with Gasteiger partial charge in [-0.2, -0.15) is 5.10 Å². The number of carbonyl (C=O) groups excluding carboxylic acids is 1. The lowest BCUT2D eigenvalue weighted by Crippen LogP contribution is -2.37. The van der Waals surface area contributed by atoms with E-state index in [-0.39, 0.29) is 18.3 Å². The second-order valence-electron chi connectivity index (χ2n) is 4.87. The SMILES string of the molecule is CC(C)c1cc(C(=O)NCC2CCCN2)n[nH]1.Cl. The van der Waals surface area contributed by atoms with E-state index in [0.29, 0.717) is 24.2 Å². The number of aromatic nitrogens is 2. The van der Waals surface area contributed by atoms with Gasteiger partial charge >= 0.3 is 0 Å². The number of nitrogens with zero attached hydrogens (tertiary/aromatic N) is 1. The Bertz CT molecular complexity index is 385. The van der Waals surface area contributed by atoms with Gasteiger partial charge in [-0.25, -0.2) is 0 Å². The normalized spacial score (nSPS) is 18.7. The van der Waals surface area contributed by atoms with Crippen molar-refractivity contribution in [2.45, 2.75) is 38.6 Å². The minimum absolute atomic E-state index is 0. The first-order chi connectivity index (χ1) is 8.16. The molecule has 0 aromatic carbocycles. The van der Waals surface area contributed by atoms with Crippen LogP contribution in [-0.4, -0.2) is 35.2 Å². The molecule has 1 fully saturated rings. The van der Waals surface area contributed by atoms with E-state index >= 15 is 0 Å². The van der Waals surface area contributed by atoms with Gasteiger partial charge in [0, 0.05) is 18.3 Å². The first-order valence-corrected chi connectivity index (χ1v) is 6.23. The third kappa shape index (κ3) is 3.71. The maximum Gasteiger partial charge on any atom is 0.271 e. The van der Waals surface area contributed by atoms with Crippen LogP contribution in [0.2, 0.25) is 0 Å². The molecular formula is C12H21ClN4O. The highest BCUT2D eigenvalue weighted by Crippen LogP contribution is 2.11. The van der Waals surface area contributed by atoms with E-state index in [9.17, 15) is 4.79 Å². The third-order valence-corrected chi connectivity index (χ3v) is 3.12. The Labute approximate surface area is 114 Å². The van der Waals surface area contributed by atoms with E-state index < -0.39 is 0 Å². The molecule has 0 bridgehead atoms. The smallest absolute Gasteiger partial charge is 0.271 e. The zero-order valence-electron chi connectivity index (χ0n) is 10.8. The fraction of sp³-hybridized carbons (Fsp3) is 0.667. The molecule has 5 nitrogen and oxygen atoms in total. The van der Waals surface area contributed by atoms with Crippen LogP contribution in [0.25, 0.3) is 0 Å². The minimum atomic E-state index is -0.0955. The van der Waals surface area contributed by atoms with E-state index in [1.54, 1.807) is 0 Å². The largest absolute Gasteiger partial charge is 0.349 e. The molecular weight excluding hydrogens is 252 g/mol. The minimum Gasteiger partial charge on any atom is -0.349 e. The van der Waals surface area contributed by atoms with Gasteiger partial charge in [0.2, 0.25) is 0 Å². The van der Waals surface area contributed by atoms with Crippen molar-refractivity contribution < 1.29 is 4.79 Å². The molecule has 1 unspecified atom stereocenters. The summed E-state index contributed by atoms with van der Waals surface area (Å²) in [6.45, 7) is 5.87. The summed E-state index contributed by atoms with van der Waals surface area (Å²) in [4.78, 5) is 11.8. The number of hydrogen-bond acceptors (Lipinski definition) is 3. The molecule has 1 amide bonds. The van der Waals surface area contributed by atoms with Crippen LogP contribution >= 0.6 is 12.4 Å². The van der Waals surface area contributed by atoms with E-state index in [2.05, 4.69) is 34.7 Å². The van der Waals surface area contributed by atoms with Crippen molar-refractivity contribution in [1.82, 2.24) is 20.8 Å². The fourth-order valence-electron chi connectivity index (χ4n) is 1.99. The average Bonchev–Trinajstić information content (AvgIpc) is 2.96. The summed E-state index contributed by atoms with van der Waals surface area (Å²) in [5.74, 6) is 0.266. The van der Waals surface area contributed by atoms with Gasteiger partial charge in [-0.15, -0.1) is 12.4 Å². The van der Waals surface area contributed by atoms with Crippen molar-refractivity contribution >= 4 is 18.3 Å². The van der Waals surface area contributed by atoms with Crippen molar-refractivity contribution in [2.24, 2.45) is 0 Å². The third-order valence-electron chi connectivity index (χ3n) is 3.12. The van der Waals surface area contributed by atoms with Crippen molar-refractivity contribution in [1.29, 1.82) is 0 Å². The Morgan fingerprint density at radius 3 is 2.94 bits per heavy atom. The molecule has 1 aliphatic rings. The maximum atomic E-state index is 11.8. The molecule has 6 heteroatoms. The van der Waals surface area contributed by atoms with Crippen molar-refractivity contribution in [3.63, 3.8) is 0 Å². The van der Waals surface area contributed by atoms with Crippen molar-refractivity contribution in [3.8, 4) is 0 Å². The van der Waals surface area contributed by atoms with E-state index in [1.807, 2.05) is 6.07 Å². The predicted molar refractivity (Wildman–Crippen MR) is 73.3 cm³/mol. The molecule has 18 heavy (non-hydrogen) atoms. The number of aromatic amines is 1. The summed E-state index contributed by atoms with van der Waals surface area (Å²) in [6.07, 6.45) is 2.33. The molecule has 1 aliphatic heterocycles. The Hall–Kier alpha value is -1.07. The second kappa shape index (κ2) is 6.75. The molecule has 3 N–H and O–H groups in total. The molecule has 0 aliphatic carbocycles. The zero-order chi connectivity index (χ0) is 12.3. The fourth-order valence-corrected chi connectivity index (χ4v) is 1.99. The van der Waals surface area contributed by atoms with Gasteiger partial charge < -0.3 is 10.6 Å². The summed E-state index contributed by atoms with van der Waals surface area (Å²) in [5, 5.41) is 13.2. The molecule has 0 radical (unpaired) electrons. The molecule has 1 aromatic heterocycles. The average molecular weight is 273 g/mol. The summed E-state index contributed by atoms with van der Waals surface area (Å²) >= 11 is 0. The van der Waals surface area contributed by atoms with Crippen molar-refractivity contribution in [2.75, 3.05) is 13.1 Å². The topological polar surface area (TPSA) is 69.8 Å². The number of carbonyl (C=O) groups is 1. The number of hydrogen-bond donors (Lipinski definition) is 3. The number of nitrogens with one attached hydrogen (secondary N) is 3. The van der Waals surface area contributed by atoms with Gasteiger partial charge in [0.25, 0.3) is 5.91 Å². The molecule has 0 saturated carbocycles. The zero-order valence-corrected chi connectivity index (χ0v) is 11.6.